The summed E-state index contributed by atoms with van der Waals surface area (Å²) in [6.45, 7) is 0. The summed E-state index contributed by atoms with van der Waals surface area (Å²) >= 11 is 0. The highest BCUT2D eigenvalue weighted by Crippen LogP contribution is 2.22. The zero-order valence-corrected chi connectivity index (χ0v) is 9.91. The first-order valence-corrected chi connectivity index (χ1v) is 5.64. The Morgan fingerprint density at radius 2 is 1.79 bits per heavy atom. The van der Waals surface area contributed by atoms with Gasteiger partial charge in [0.05, 0.1) is 0 Å². The Hall–Kier alpha value is -2.96. The zero-order valence-electron chi connectivity index (χ0n) is 9.91. The fourth-order valence-electron chi connectivity index (χ4n) is 1.61. The second-order valence-corrected chi connectivity index (χ2v) is 3.79. The summed E-state index contributed by atoms with van der Waals surface area (Å²) in [5.41, 5.74) is 7.32. The molecule has 19 heavy (non-hydrogen) atoms. The number of H-pyrrole nitrogens is 1. The van der Waals surface area contributed by atoms with Gasteiger partial charge in [0.25, 0.3) is 0 Å². The minimum absolute atomic E-state index is 0.393. The van der Waals surface area contributed by atoms with Crippen molar-refractivity contribution in [3.8, 4) is 11.4 Å². The molecule has 2 aromatic heterocycles. The first-order valence-electron chi connectivity index (χ1n) is 5.64. The summed E-state index contributed by atoms with van der Waals surface area (Å²) < 4.78 is 0. The average Bonchev–Trinajstić information content (AvgIpc) is 2.89. The van der Waals surface area contributed by atoms with Crippen molar-refractivity contribution in [2.24, 2.45) is 0 Å². The number of anilines is 3. The second kappa shape index (κ2) is 4.73. The van der Waals surface area contributed by atoms with Crippen molar-refractivity contribution in [2.45, 2.75) is 0 Å². The first-order chi connectivity index (χ1) is 9.33. The number of hydrogen-bond acceptors (Lipinski definition) is 6. The van der Waals surface area contributed by atoms with Crippen LogP contribution in [-0.2, 0) is 0 Å². The van der Waals surface area contributed by atoms with E-state index in [4.69, 9.17) is 5.73 Å². The number of nitrogens with two attached hydrogens (primary N) is 1. The monoisotopic (exact) mass is 253 g/mol. The summed E-state index contributed by atoms with van der Waals surface area (Å²) in [5.74, 6) is 1.43. The van der Waals surface area contributed by atoms with Crippen LogP contribution in [0, 0.1) is 0 Å². The van der Waals surface area contributed by atoms with Gasteiger partial charge in [-0.25, -0.2) is 9.97 Å². The van der Waals surface area contributed by atoms with Crippen molar-refractivity contribution >= 4 is 17.6 Å². The van der Waals surface area contributed by atoms with E-state index < -0.39 is 0 Å². The van der Waals surface area contributed by atoms with Crippen molar-refractivity contribution in [3.63, 3.8) is 0 Å². The number of hydrogen-bond donors (Lipinski definition) is 3. The van der Waals surface area contributed by atoms with Crippen LogP contribution >= 0.6 is 0 Å². The van der Waals surface area contributed by atoms with Gasteiger partial charge in [0.15, 0.2) is 5.82 Å². The Labute approximate surface area is 108 Å². The molecule has 0 radical (unpaired) electrons. The van der Waals surface area contributed by atoms with E-state index in [0.29, 0.717) is 23.4 Å². The molecule has 0 saturated carbocycles. The number of nitrogens with zero attached hydrogens (tertiary/aromatic N) is 4. The number of nitrogen functional groups attached to an aromatic ring is 1. The predicted octanol–water partition coefficient (Wildman–Crippen LogP) is 1.59. The molecule has 0 aliphatic rings. The average molecular weight is 253 g/mol. The van der Waals surface area contributed by atoms with Crippen LogP contribution in [0.5, 0.6) is 0 Å². The Morgan fingerprint density at radius 3 is 2.58 bits per heavy atom. The molecule has 1 aromatic carbocycles. The molecule has 0 unspecified atom stereocenters. The van der Waals surface area contributed by atoms with E-state index in [1.807, 2.05) is 24.3 Å². The topological polar surface area (TPSA) is 105 Å². The molecule has 3 rings (SSSR count). The summed E-state index contributed by atoms with van der Waals surface area (Å²) in [6, 6.07) is 9.18. The molecule has 0 spiro atoms. The van der Waals surface area contributed by atoms with Crippen LogP contribution in [0.4, 0.5) is 17.6 Å². The van der Waals surface area contributed by atoms with Crippen LogP contribution in [0.25, 0.3) is 11.4 Å². The molecular formula is C12H11N7. The molecule has 94 valence electrons. The van der Waals surface area contributed by atoms with Crippen molar-refractivity contribution < 1.29 is 0 Å². The van der Waals surface area contributed by atoms with E-state index >= 15 is 0 Å². The van der Waals surface area contributed by atoms with Gasteiger partial charge in [0.1, 0.15) is 0 Å². The van der Waals surface area contributed by atoms with Crippen LogP contribution in [0.1, 0.15) is 0 Å². The van der Waals surface area contributed by atoms with E-state index in [9.17, 15) is 0 Å². The van der Waals surface area contributed by atoms with Gasteiger partial charge in [-0.2, -0.15) is 4.98 Å². The Bertz CT molecular complexity index is 677. The molecule has 7 nitrogen and oxygen atoms in total. The van der Waals surface area contributed by atoms with Crippen LogP contribution in [0.15, 0.2) is 42.7 Å². The molecule has 3 aromatic rings. The van der Waals surface area contributed by atoms with Crippen LogP contribution in [-0.4, -0.2) is 25.1 Å². The van der Waals surface area contributed by atoms with E-state index in [1.54, 1.807) is 18.5 Å². The molecule has 0 aliphatic heterocycles. The zero-order chi connectivity index (χ0) is 13.1. The predicted molar refractivity (Wildman–Crippen MR) is 71.5 cm³/mol. The highest BCUT2D eigenvalue weighted by Gasteiger charge is 2.08. The van der Waals surface area contributed by atoms with E-state index in [-0.39, 0.29) is 0 Å². The summed E-state index contributed by atoms with van der Waals surface area (Å²) in [7, 11) is 0. The highest BCUT2D eigenvalue weighted by molar-refractivity contribution is 5.71. The highest BCUT2D eigenvalue weighted by atomic mass is 15.3. The van der Waals surface area contributed by atoms with Gasteiger partial charge in [-0.05, 0) is 18.2 Å². The maximum atomic E-state index is 5.88. The van der Waals surface area contributed by atoms with Crippen molar-refractivity contribution in [3.05, 3.63) is 42.7 Å². The number of aromatic amines is 1. The molecule has 4 N–H and O–H groups in total. The van der Waals surface area contributed by atoms with Gasteiger partial charge in [-0.1, -0.05) is 12.1 Å². The smallest absolute Gasteiger partial charge is 0.249 e. The summed E-state index contributed by atoms with van der Waals surface area (Å²) in [6.07, 6.45) is 3.27. The quantitative estimate of drug-likeness (QED) is 0.612. The third kappa shape index (κ3) is 2.34. The standard InChI is InChI=1S/C12H11N7/c13-9-5-2-1-4-8(9)10-16-12(19-18-10)17-11-14-6-3-7-15-11/h1-7H,13H2,(H2,14,15,16,17,18,19). The van der Waals surface area contributed by atoms with Gasteiger partial charge in [0.2, 0.25) is 11.9 Å². The molecule has 0 saturated heterocycles. The third-order valence-corrected chi connectivity index (χ3v) is 2.49. The Balaban J connectivity index is 1.86. The van der Waals surface area contributed by atoms with E-state index in [2.05, 4.69) is 30.5 Å². The lowest BCUT2D eigenvalue weighted by atomic mass is 10.2. The molecule has 0 bridgehead atoms. The molecule has 0 atom stereocenters. The van der Waals surface area contributed by atoms with Crippen molar-refractivity contribution in [1.29, 1.82) is 0 Å². The third-order valence-electron chi connectivity index (χ3n) is 2.49. The van der Waals surface area contributed by atoms with E-state index in [0.717, 1.165) is 5.56 Å². The molecule has 7 heteroatoms. The summed E-state index contributed by atoms with van der Waals surface area (Å²) in [5, 5.41) is 9.77. The number of aromatic nitrogens is 5. The normalized spacial score (nSPS) is 10.3. The van der Waals surface area contributed by atoms with Gasteiger partial charge >= 0.3 is 0 Å². The fourth-order valence-corrected chi connectivity index (χ4v) is 1.61. The van der Waals surface area contributed by atoms with Gasteiger partial charge < -0.3 is 5.73 Å². The van der Waals surface area contributed by atoms with Gasteiger partial charge in [-0.15, -0.1) is 5.10 Å². The maximum Gasteiger partial charge on any atom is 0.249 e. The molecule has 0 amide bonds. The lowest BCUT2D eigenvalue weighted by Crippen LogP contribution is -1.97. The minimum Gasteiger partial charge on any atom is -0.398 e. The fraction of sp³-hybridized carbons (Fsp3) is 0. The molecular weight excluding hydrogens is 242 g/mol. The minimum atomic E-state index is 0.393. The summed E-state index contributed by atoms with van der Waals surface area (Å²) in [4.78, 5) is 12.4. The van der Waals surface area contributed by atoms with E-state index in [1.165, 1.54) is 0 Å². The lowest BCUT2D eigenvalue weighted by molar-refractivity contribution is 1.08. The van der Waals surface area contributed by atoms with Crippen LogP contribution in [0.2, 0.25) is 0 Å². The Morgan fingerprint density at radius 1 is 1.00 bits per heavy atom. The van der Waals surface area contributed by atoms with Crippen LogP contribution in [0.3, 0.4) is 0 Å². The number of para-hydroxylation sites is 1. The van der Waals surface area contributed by atoms with Gasteiger partial charge in [0, 0.05) is 23.6 Å². The molecule has 2 heterocycles. The number of nitrogens with one attached hydrogen (secondary N) is 2. The Kier molecular flexibility index (Phi) is 2.77. The van der Waals surface area contributed by atoms with Gasteiger partial charge in [-0.3, -0.25) is 10.4 Å². The largest absolute Gasteiger partial charge is 0.398 e. The second-order valence-electron chi connectivity index (χ2n) is 3.79. The van der Waals surface area contributed by atoms with Crippen LogP contribution < -0.4 is 11.1 Å². The maximum absolute atomic E-state index is 5.88. The lowest BCUT2D eigenvalue weighted by Gasteiger charge is -2.00. The molecule has 0 fully saturated rings. The first kappa shape index (κ1) is 11.1. The SMILES string of the molecule is Nc1ccccc1-c1nc(Nc2ncccn2)n[nH]1. The number of rotatable bonds is 3. The molecule has 0 aliphatic carbocycles. The van der Waals surface area contributed by atoms with Crippen molar-refractivity contribution in [1.82, 2.24) is 25.1 Å². The number of benzene rings is 1. The van der Waals surface area contributed by atoms with Crippen molar-refractivity contribution in [2.75, 3.05) is 11.1 Å².